The number of rotatable bonds is 12. The first kappa shape index (κ1) is 25.1. The highest BCUT2D eigenvalue weighted by molar-refractivity contribution is 7.99. The van der Waals surface area contributed by atoms with Gasteiger partial charge in [0.2, 0.25) is 5.91 Å². The van der Waals surface area contributed by atoms with E-state index in [2.05, 4.69) is 16.3 Å². The Labute approximate surface area is 203 Å². The first-order chi connectivity index (χ1) is 16.6. The van der Waals surface area contributed by atoms with Crippen LogP contribution in [0.1, 0.15) is 6.42 Å². The van der Waals surface area contributed by atoms with Crippen LogP contribution in [-0.2, 0) is 16.1 Å². The second-order valence-corrected chi connectivity index (χ2v) is 8.08. The first-order valence-corrected chi connectivity index (χ1v) is 11.6. The molecule has 3 aromatic rings. The van der Waals surface area contributed by atoms with Gasteiger partial charge < -0.3 is 18.8 Å². The number of carbonyl (C=O) groups is 1. The van der Waals surface area contributed by atoms with Gasteiger partial charge in [-0.2, -0.15) is 5.26 Å². The molecule has 9 nitrogen and oxygen atoms in total. The summed E-state index contributed by atoms with van der Waals surface area (Å²) in [5.74, 6) is 1.80. The number of nitrogens with zero attached hydrogens (tertiary/aromatic N) is 5. The first-order valence-electron chi connectivity index (χ1n) is 10.6. The number of nitriles is 1. The average molecular weight is 482 g/mol. The molecule has 34 heavy (non-hydrogen) atoms. The maximum atomic E-state index is 13.0. The van der Waals surface area contributed by atoms with Gasteiger partial charge in [-0.1, -0.05) is 30.0 Å². The monoisotopic (exact) mass is 481 g/mol. The highest BCUT2D eigenvalue weighted by Gasteiger charge is 2.20. The van der Waals surface area contributed by atoms with E-state index in [-0.39, 0.29) is 18.2 Å². The molecular formula is C24H27N5O4S. The molecule has 0 saturated carbocycles. The number of hydrogen-bond acceptors (Lipinski definition) is 8. The smallest absolute Gasteiger partial charge is 0.238 e. The van der Waals surface area contributed by atoms with Crippen molar-refractivity contribution < 1.29 is 19.0 Å². The molecule has 1 amide bonds. The van der Waals surface area contributed by atoms with Crippen LogP contribution in [0.3, 0.4) is 0 Å². The predicted octanol–water partition coefficient (Wildman–Crippen LogP) is 3.65. The van der Waals surface area contributed by atoms with Crippen LogP contribution in [0.15, 0.2) is 53.7 Å². The lowest BCUT2D eigenvalue weighted by Gasteiger charge is -2.19. The molecule has 0 spiro atoms. The van der Waals surface area contributed by atoms with Crippen LogP contribution in [0.5, 0.6) is 11.5 Å². The van der Waals surface area contributed by atoms with Crippen LogP contribution in [0, 0.1) is 11.3 Å². The Bertz CT molecular complexity index is 1130. The third-order valence-corrected chi connectivity index (χ3v) is 5.96. The fourth-order valence-electron chi connectivity index (χ4n) is 3.36. The van der Waals surface area contributed by atoms with Gasteiger partial charge in [0.25, 0.3) is 0 Å². The molecule has 0 aliphatic heterocycles. The Hall–Kier alpha value is -3.55. The van der Waals surface area contributed by atoms with Crippen molar-refractivity contribution in [2.75, 3.05) is 45.1 Å². The zero-order chi connectivity index (χ0) is 24.3. The second kappa shape index (κ2) is 12.6. The summed E-state index contributed by atoms with van der Waals surface area (Å²) in [5.41, 5.74) is 1.50. The summed E-state index contributed by atoms with van der Waals surface area (Å²) in [6.45, 7) is 1.17. The van der Waals surface area contributed by atoms with Gasteiger partial charge in [-0.3, -0.25) is 9.69 Å². The largest absolute Gasteiger partial charge is 0.493 e. The van der Waals surface area contributed by atoms with E-state index in [0.717, 1.165) is 12.0 Å². The minimum absolute atomic E-state index is 0.0270. The summed E-state index contributed by atoms with van der Waals surface area (Å²) in [6.07, 6.45) is 0.751. The number of ether oxygens (including phenoxy) is 3. The zero-order valence-corrected chi connectivity index (χ0v) is 20.2. The molecule has 0 bridgehead atoms. The van der Waals surface area contributed by atoms with E-state index in [1.54, 1.807) is 21.3 Å². The molecule has 0 radical (unpaired) electrons. The van der Waals surface area contributed by atoms with Gasteiger partial charge in [-0.25, -0.2) is 0 Å². The van der Waals surface area contributed by atoms with Gasteiger partial charge >= 0.3 is 0 Å². The Kier molecular flexibility index (Phi) is 9.31. The molecule has 3 rings (SSSR count). The van der Waals surface area contributed by atoms with E-state index < -0.39 is 0 Å². The molecule has 0 saturated heterocycles. The van der Waals surface area contributed by atoms with Crippen LogP contribution >= 0.6 is 11.8 Å². The standard InChI is InChI=1S/C24H27N5O4S/c1-31-15-7-13-29-23(18-10-11-20(32-2)21(16-18)33-3)26-27-24(29)34-17-22(30)28(14-12-25)19-8-5-4-6-9-19/h4-6,8-11,16H,7,13-15,17H2,1-3H3. The van der Waals surface area contributed by atoms with Crippen LogP contribution in [-0.4, -0.2) is 60.9 Å². The van der Waals surface area contributed by atoms with Gasteiger partial charge in [0.15, 0.2) is 22.5 Å². The highest BCUT2D eigenvalue weighted by atomic mass is 32.2. The fraction of sp³-hybridized carbons (Fsp3) is 0.333. The van der Waals surface area contributed by atoms with Crippen LogP contribution in [0.25, 0.3) is 11.4 Å². The summed E-state index contributed by atoms with van der Waals surface area (Å²) in [5, 5.41) is 18.5. The number of carbonyl (C=O) groups excluding carboxylic acids is 1. The van der Waals surface area contributed by atoms with Crippen molar-refractivity contribution in [3.8, 4) is 29.0 Å². The lowest BCUT2D eigenvalue weighted by molar-refractivity contribution is -0.116. The molecule has 0 atom stereocenters. The second-order valence-electron chi connectivity index (χ2n) is 7.14. The Morgan fingerprint density at radius 3 is 2.53 bits per heavy atom. The molecule has 178 valence electrons. The molecule has 0 unspecified atom stereocenters. The Morgan fingerprint density at radius 2 is 1.85 bits per heavy atom. The van der Waals surface area contributed by atoms with Gasteiger partial charge in [0, 0.05) is 31.5 Å². The highest BCUT2D eigenvalue weighted by Crippen LogP contribution is 2.33. The Morgan fingerprint density at radius 1 is 1.09 bits per heavy atom. The van der Waals surface area contributed by atoms with Crippen molar-refractivity contribution in [3.05, 3.63) is 48.5 Å². The van der Waals surface area contributed by atoms with E-state index in [1.165, 1.54) is 16.7 Å². The third kappa shape index (κ3) is 6.07. The number of amides is 1. The number of aromatic nitrogens is 3. The van der Waals surface area contributed by atoms with Crippen LogP contribution in [0.4, 0.5) is 5.69 Å². The van der Waals surface area contributed by atoms with Gasteiger partial charge in [-0.05, 0) is 36.8 Å². The molecule has 1 aromatic heterocycles. The molecule has 0 N–H and O–H groups in total. The maximum absolute atomic E-state index is 13.0. The summed E-state index contributed by atoms with van der Waals surface area (Å²) in [6, 6.07) is 16.8. The van der Waals surface area contributed by atoms with Crippen LogP contribution < -0.4 is 14.4 Å². The van der Waals surface area contributed by atoms with Crippen LogP contribution in [0.2, 0.25) is 0 Å². The molecule has 0 fully saturated rings. The van der Waals surface area contributed by atoms with Crippen molar-refractivity contribution in [2.24, 2.45) is 0 Å². The SMILES string of the molecule is COCCCn1c(SCC(=O)N(CC#N)c2ccccc2)nnc1-c1ccc(OC)c(OC)c1. The topological polar surface area (TPSA) is 103 Å². The summed E-state index contributed by atoms with van der Waals surface area (Å²) in [4.78, 5) is 14.4. The van der Waals surface area contributed by atoms with Crippen molar-refractivity contribution in [1.29, 1.82) is 5.26 Å². The quantitative estimate of drug-likeness (QED) is 0.219. The van der Waals surface area contributed by atoms with E-state index in [9.17, 15) is 10.1 Å². The number of methoxy groups -OCH3 is 3. The average Bonchev–Trinajstić information content (AvgIpc) is 3.28. The van der Waals surface area contributed by atoms with Crippen molar-refractivity contribution >= 4 is 23.4 Å². The van der Waals surface area contributed by atoms with E-state index >= 15 is 0 Å². The van der Waals surface area contributed by atoms with Crippen molar-refractivity contribution in [2.45, 2.75) is 18.1 Å². The number of thioether (sulfide) groups is 1. The third-order valence-electron chi connectivity index (χ3n) is 5.01. The van der Waals surface area contributed by atoms with Gasteiger partial charge in [0.05, 0.1) is 26.0 Å². The van der Waals surface area contributed by atoms with E-state index in [1.807, 2.05) is 53.1 Å². The maximum Gasteiger partial charge on any atom is 0.238 e. The van der Waals surface area contributed by atoms with Crippen molar-refractivity contribution in [1.82, 2.24) is 14.8 Å². The normalized spacial score (nSPS) is 10.5. The molecule has 0 aliphatic carbocycles. The molecule has 1 heterocycles. The molecule has 10 heteroatoms. The number of hydrogen-bond donors (Lipinski definition) is 0. The predicted molar refractivity (Wildman–Crippen MR) is 130 cm³/mol. The van der Waals surface area contributed by atoms with Gasteiger partial charge in [-0.15, -0.1) is 10.2 Å². The summed E-state index contributed by atoms with van der Waals surface area (Å²) < 4.78 is 17.9. The zero-order valence-electron chi connectivity index (χ0n) is 19.4. The van der Waals surface area contributed by atoms with E-state index in [0.29, 0.717) is 41.3 Å². The number of benzene rings is 2. The van der Waals surface area contributed by atoms with Gasteiger partial charge in [0.1, 0.15) is 6.54 Å². The molecular weight excluding hydrogens is 454 g/mol. The van der Waals surface area contributed by atoms with Crippen molar-refractivity contribution in [3.63, 3.8) is 0 Å². The number of anilines is 1. The molecule has 2 aromatic carbocycles. The fourth-order valence-corrected chi connectivity index (χ4v) is 4.20. The summed E-state index contributed by atoms with van der Waals surface area (Å²) in [7, 11) is 4.82. The number of para-hydroxylation sites is 1. The lowest BCUT2D eigenvalue weighted by Crippen LogP contribution is -2.32. The minimum atomic E-state index is -0.183. The van der Waals surface area contributed by atoms with E-state index in [4.69, 9.17) is 14.2 Å². The Balaban J connectivity index is 1.84. The lowest BCUT2D eigenvalue weighted by atomic mass is 10.2. The summed E-state index contributed by atoms with van der Waals surface area (Å²) >= 11 is 1.29. The minimum Gasteiger partial charge on any atom is -0.493 e. The molecule has 0 aliphatic rings.